The largest absolute Gasteiger partial charge is 0.417 e. The van der Waals surface area contributed by atoms with Crippen LogP contribution in [0.3, 0.4) is 0 Å². The second-order valence-electron chi connectivity index (χ2n) is 3.77. The molecule has 0 fully saturated rings. The summed E-state index contributed by atoms with van der Waals surface area (Å²) in [6.45, 7) is -6.18. The van der Waals surface area contributed by atoms with Crippen LogP contribution in [-0.4, -0.2) is 39.2 Å². The molecule has 0 unspecified atom stereocenters. The smallest absolute Gasteiger partial charge is 0.388 e. The Morgan fingerprint density at radius 2 is 1.29 bits per heavy atom. The van der Waals surface area contributed by atoms with Crippen molar-refractivity contribution in [3.63, 3.8) is 0 Å². The molecule has 2 amide bonds. The van der Waals surface area contributed by atoms with E-state index in [1.54, 1.807) is 0 Å². The molecule has 0 bridgehead atoms. The molecule has 2 rings (SSSR count). The Morgan fingerprint density at radius 3 is 1.67 bits per heavy atom. The normalized spacial score (nSPS) is 10.6. The van der Waals surface area contributed by atoms with Crippen molar-refractivity contribution in [3.8, 4) is 11.8 Å². The number of nitrogens with zero attached hydrogens (tertiary/aromatic N) is 4. The predicted molar refractivity (Wildman–Crippen MR) is 70.0 cm³/mol. The third kappa shape index (κ3) is 5.51. The van der Waals surface area contributed by atoms with Gasteiger partial charge in [-0.1, -0.05) is 0 Å². The number of hydrogen-bond acceptors (Lipinski definition) is 7. The van der Waals surface area contributed by atoms with Crippen LogP contribution < -0.4 is 20.1 Å². The van der Waals surface area contributed by atoms with Crippen molar-refractivity contribution in [2.24, 2.45) is 0 Å². The van der Waals surface area contributed by atoms with Gasteiger partial charge in [-0.25, -0.2) is 14.8 Å². The molecule has 13 heteroatoms. The minimum atomic E-state index is -3.09. The summed E-state index contributed by atoms with van der Waals surface area (Å²) in [7, 11) is 0. The quantitative estimate of drug-likeness (QED) is 0.769. The van der Waals surface area contributed by atoms with Crippen LogP contribution in [0.2, 0.25) is 0 Å². The van der Waals surface area contributed by atoms with Gasteiger partial charge in [0.25, 0.3) is 0 Å². The van der Waals surface area contributed by atoms with Gasteiger partial charge in [-0.15, -0.1) is 0 Å². The SMILES string of the molecule is O=C(Nc1nccc(OC(F)F)n1)Nc1nccc(OC(F)F)n1. The van der Waals surface area contributed by atoms with Crippen LogP contribution in [0, 0.1) is 0 Å². The Labute approximate surface area is 131 Å². The van der Waals surface area contributed by atoms with Crippen LogP contribution in [0.15, 0.2) is 24.5 Å². The fraction of sp³-hybridized carbons (Fsp3) is 0.182. The summed E-state index contributed by atoms with van der Waals surface area (Å²) in [5.41, 5.74) is 0. The van der Waals surface area contributed by atoms with Gasteiger partial charge in [0.1, 0.15) is 0 Å². The fourth-order valence-electron chi connectivity index (χ4n) is 1.35. The van der Waals surface area contributed by atoms with Crippen LogP contribution in [0.5, 0.6) is 11.8 Å². The zero-order chi connectivity index (χ0) is 17.5. The minimum absolute atomic E-state index is 0.342. The first-order valence-corrected chi connectivity index (χ1v) is 6.06. The fourth-order valence-corrected chi connectivity index (χ4v) is 1.35. The summed E-state index contributed by atoms with van der Waals surface area (Å²) in [5.74, 6) is -1.60. The molecule has 0 aliphatic carbocycles. The zero-order valence-corrected chi connectivity index (χ0v) is 11.5. The van der Waals surface area contributed by atoms with Crippen LogP contribution in [0.25, 0.3) is 0 Å². The highest BCUT2D eigenvalue weighted by atomic mass is 19.3. The number of hydrogen-bond donors (Lipinski definition) is 2. The number of ether oxygens (including phenoxy) is 2. The molecular weight excluding hydrogens is 340 g/mol. The van der Waals surface area contributed by atoms with Gasteiger partial charge in [-0.05, 0) is 0 Å². The first kappa shape index (κ1) is 17.1. The van der Waals surface area contributed by atoms with Gasteiger partial charge >= 0.3 is 19.3 Å². The number of urea groups is 1. The van der Waals surface area contributed by atoms with Crippen molar-refractivity contribution in [2.75, 3.05) is 10.6 Å². The molecule has 0 aromatic carbocycles. The Morgan fingerprint density at radius 1 is 0.875 bits per heavy atom. The van der Waals surface area contributed by atoms with Crippen LogP contribution in [0.4, 0.5) is 34.3 Å². The van der Waals surface area contributed by atoms with Crippen molar-refractivity contribution in [3.05, 3.63) is 24.5 Å². The molecule has 2 aromatic rings. The lowest BCUT2D eigenvalue weighted by molar-refractivity contribution is -0.0535. The van der Waals surface area contributed by atoms with Crippen LogP contribution in [-0.2, 0) is 0 Å². The van der Waals surface area contributed by atoms with Crippen molar-refractivity contribution in [1.82, 2.24) is 19.9 Å². The third-order valence-corrected chi connectivity index (χ3v) is 2.13. The van der Waals surface area contributed by atoms with Gasteiger partial charge in [0.2, 0.25) is 23.7 Å². The number of nitrogens with one attached hydrogen (secondary N) is 2. The van der Waals surface area contributed by atoms with Crippen molar-refractivity contribution < 1.29 is 31.8 Å². The van der Waals surface area contributed by atoms with E-state index >= 15 is 0 Å². The number of rotatable bonds is 6. The van der Waals surface area contributed by atoms with Gasteiger partial charge in [0.15, 0.2) is 0 Å². The number of alkyl halides is 4. The van der Waals surface area contributed by atoms with E-state index in [1.807, 2.05) is 0 Å². The van der Waals surface area contributed by atoms with Gasteiger partial charge in [0, 0.05) is 24.5 Å². The van der Waals surface area contributed by atoms with Gasteiger partial charge < -0.3 is 9.47 Å². The molecule has 0 aliphatic rings. The topological polar surface area (TPSA) is 111 Å². The minimum Gasteiger partial charge on any atom is -0.417 e. The standard InChI is InChI=1S/C11H8F4N6O3/c12-7(13)23-5-1-3-16-9(18-5)20-11(22)21-10-17-4-2-6(19-10)24-8(14)15/h1-4,7-8H,(H2,16,17,18,19,20,21,22). The third-order valence-electron chi connectivity index (χ3n) is 2.13. The van der Waals surface area contributed by atoms with E-state index in [-0.39, 0.29) is 11.9 Å². The molecule has 2 heterocycles. The van der Waals surface area contributed by atoms with E-state index in [1.165, 1.54) is 0 Å². The maximum Gasteiger partial charge on any atom is 0.388 e. The Balaban J connectivity index is 1.98. The van der Waals surface area contributed by atoms with E-state index in [0.29, 0.717) is 0 Å². The maximum atomic E-state index is 12.1. The molecule has 9 nitrogen and oxygen atoms in total. The lowest BCUT2D eigenvalue weighted by Crippen LogP contribution is -2.22. The molecule has 2 N–H and O–H groups in total. The Kier molecular flexibility index (Phi) is 5.59. The van der Waals surface area contributed by atoms with Gasteiger partial charge in [-0.3, -0.25) is 10.6 Å². The maximum absolute atomic E-state index is 12.1. The average Bonchev–Trinajstić information content (AvgIpc) is 2.46. The predicted octanol–water partition coefficient (Wildman–Crippen LogP) is 2.11. The highest BCUT2D eigenvalue weighted by Gasteiger charge is 2.11. The molecule has 2 aromatic heterocycles. The second kappa shape index (κ2) is 7.85. The summed E-state index contributed by atoms with van der Waals surface area (Å²) in [6, 6.07) is 1.17. The number of aromatic nitrogens is 4. The molecule has 128 valence electrons. The van der Waals surface area contributed by atoms with E-state index in [9.17, 15) is 22.4 Å². The highest BCUT2D eigenvalue weighted by molar-refractivity contribution is 5.97. The molecular formula is C11H8F4N6O3. The molecule has 0 aliphatic heterocycles. The molecule has 0 atom stereocenters. The summed E-state index contributed by atoms with van der Waals surface area (Å²) in [6.07, 6.45) is 2.15. The summed E-state index contributed by atoms with van der Waals surface area (Å²) >= 11 is 0. The number of halogens is 4. The second-order valence-corrected chi connectivity index (χ2v) is 3.77. The Hall–Kier alpha value is -3.25. The van der Waals surface area contributed by atoms with Crippen LogP contribution in [0.1, 0.15) is 0 Å². The summed E-state index contributed by atoms with van der Waals surface area (Å²) < 4.78 is 56.3. The summed E-state index contributed by atoms with van der Waals surface area (Å²) in [5, 5.41) is 4.20. The van der Waals surface area contributed by atoms with E-state index in [0.717, 1.165) is 24.5 Å². The van der Waals surface area contributed by atoms with Crippen molar-refractivity contribution >= 4 is 17.9 Å². The van der Waals surface area contributed by atoms with E-state index in [2.05, 4.69) is 40.0 Å². The number of amides is 2. The lowest BCUT2D eigenvalue weighted by Gasteiger charge is -2.08. The first-order chi connectivity index (χ1) is 11.4. The number of carbonyl (C=O) groups is 1. The Bertz CT molecular complexity index is 647. The highest BCUT2D eigenvalue weighted by Crippen LogP contribution is 2.13. The molecule has 0 saturated carbocycles. The van der Waals surface area contributed by atoms with E-state index in [4.69, 9.17) is 0 Å². The number of carbonyl (C=O) groups excluding carboxylic acids is 1. The molecule has 24 heavy (non-hydrogen) atoms. The van der Waals surface area contributed by atoms with Crippen molar-refractivity contribution in [2.45, 2.75) is 13.2 Å². The zero-order valence-electron chi connectivity index (χ0n) is 11.5. The lowest BCUT2D eigenvalue weighted by atomic mass is 10.6. The summed E-state index contributed by atoms with van der Waals surface area (Å²) in [4.78, 5) is 25.9. The van der Waals surface area contributed by atoms with E-state index < -0.39 is 31.0 Å². The molecule has 0 radical (unpaired) electrons. The van der Waals surface area contributed by atoms with Crippen LogP contribution >= 0.6 is 0 Å². The molecule has 0 saturated heterocycles. The molecule has 0 spiro atoms. The van der Waals surface area contributed by atoms with Crippen molar-refractivity contribution in [1.29, 1.82) is 0 Å². The number of anilines is 2. The average molecular weight is 348 g/mol. The first-order valence-electron chi connectivity index (χ1n) is 6.06. The van der Waals surface area contributed by atoms with Gasteiger partial charge in [-0.2, -0.15) is 27.5 Å². The van der Waals surface area contributed by atoms with Gasteiger partial charge in [0.05, 0.1) is 0 Å². The monoisotopic (exact) mass is 348 g/mol.